The number of nitrogens with one attached hydrogen (secondary N) is 1. The van der Waals surface area contributed by atoms with E-state index in [0.717, 1.165) is 32.7 Å². The van der Waals surface area contributed by atoms with Crippen LogP contribution in [0.4, 0.5) is 0 Å². The fourth-order valence-corrected chi connectivity index (χ4v) is 1.02. The third-order valence-electron chi connectivity index (χ3n) is 1.89. The first-order chi connectivity index (χ1) is 5.85. The van der Waals surface area contributed by atoms with Crippen LogP contribution in [0.1, 0.15) is 20.8 Å². The van der Waals surface area contributed by atoms with Crippen molar-refractivity contribution in [2.45, 2.75) is 20.8 Å². The molecule has 2 heteroatoms. The van der Waals surface area contributed by atoms with Crippen LogP contribution in [0.15, 0.2) is 0 Å². The van der Waals surface area contributed by atoms with Crippen LogP contribution >= 0.6 is 0 Å². The van der Waals surface area contributed by atoms with Crippen molar-refractivity contribution in [2.75, 3.05) is 32.7 Å². The van der Waals surface area contributed by atoms with E-state index in [1.807, 2.05) is 6.92 Å². The van der Waals surface area contributed by atoms with E-state index in [9.17, 15) is 0 Å². The summed E-state index contributed by atoms with van der Waals surface area (Å²) in [4.78, 5) is 2.40. The second-order valence-electron chi connectivity index (χ2n) is 2.63. The Hall–Kier alpha value is -0.520. The topological polar surface area (TPSA) is 15.3 Å². The smallest absolute Gasteiger partial charge is 0.0576 e. The number of rotatable bonds is 6. The van der Waals surface area contributed by atoms with Crippen molar-refractivity contribution in [1.29, 1.82) is 0 Å². The lowest BCUT2D eigenvalue weighted by atomic mass is 10.4. The summed E-state index contributed by atoms with van der Waals surface area (Å²) < 4.78 is 0. The second kappa shape index (κ2) is 8.58. The van der Waals surface area contributed by atoms with Crippen molar-refractivity contribution in [2.24, 2.45) is 0 Å². The molecule has 0 spiro atoms. The minimum Gasteiger partial charge on any atom is -0.305 e. The zero-order valence-electron chi connectivity index (χ0n) is 8.48. The van der Waals surface area contributed by atoms with E-state index in [1.165, 1.54) is 0 Å². The summed E-state index contributed by atoms with van der Waals surface area (Å²) in [6, 6.07) is 0. The highest BCUT2D eigenvalue weighted by Crippen LogP contribution is 1.83. The van der Waals surface area contributed by atoms with Crippen LogP contribution in [0.2, 0.25) is 0 Å². The van der Waals surface area contributed by atoms with E-state index in [0.29, 0.717) is 0 Å². The second-order valence-corrected chi connectivity index (χ2v) is 2.63. The lowest BCUT2D eigenvalue weighted by molar-refractivity contribution is 0.304. The minimum atomic E-state index is 0.817. The Morgan fingerprint density at radius 2 is 1.92 bits per heavy atom. The highest BCUT2D eigenvalue weighted by atomic mass is 15.1. The summed E-state index contributed by atoms with van der Waals surface area (Å²) in [6.07, 6.45) is 0. The van der Waals surface area contributed by atoms with Crippen LogP contribution in [0.5, 0.6) is 0 Å². The first-order valence-corrected chi connectivity index (χ1v) is 4.67. The predicted molar refractivity (Wildman–Crippen MR) is 54.1 cm³/mol. The lowest BCUT2D eigenvalue weighted by Crippen LogP contribution is -2.31. The van der Waals surface area contributed by atoms with Gasteiger partial charge in [0.1, 0.15) is 0 Å². The van der Waals surface area contributed by atoms with Gasteiger partial charge in [-0.1, -0.05) is 19.8 Å². The third-order valence-corrected chi connectivity index (χ3v) is 1.89. The Morgan fingerprint density at radius 3 is 2.42 bits per heavy atom. The standard InChI is InChI=1S/C10H20N2/c1-4-7-8-11-9-10-12(5-2)6-3/h11H,5-6,8-10H2,1-3H3. The van der Waals surface area contributed by atoms with Crippen molar-refractivity contribution in [3.8, 4) is 11.8 Å². The molecule has 0 radical (unpaired) electrons. The third kappa shape index (κ3) is 6.21. The number of nitrogens with zero attached hydrogens (tertiary/aromatic N) is 1. The fourth-order valence-electron chi connectivity index (χ4n) is 1.02. The maximum Gasteiger partial charge on any atom is 0.0576 e. The van der Waals surface area contributed by atoms with Gasteiger partial charge in [0.2, 0.25) is 0 Å². The van der Waals surface area contributed by atoms with E-state index in [1.54, 1.807) is 0 Å². The van der Waals surface area contributed by atoms with Gasteiger partial charge in [-0.25, -0.2) is 0 Å². The molecule has 0 rings (SSSR count). The summed E-state index contributed by atoms with van der Waals surface area (Å²) in [5.41, 5.74) is 0. The molecule has 0 aliphatic carbocycles. The molecule has 0 aliphatic heterocycles. The Balaban J connectivity index is 3.21. The van der Waals surface area contributed by atoms with Crippen LogP contribution in [0, 0.1) is 11.8 Å². The molecule has 1 N–H and O–H groups in total. The van der Waals surface area contributed by atoms with Gasteiger partial charge in [-0.15, -0.1) is 5.92 Å². The maximum absolute atomic E-state index is 3.27. The normalized spacial score (nSPS) is 9.67. The Morgan fingerprint density at radius 1 is 1.25 bits per heavy atom. The molecule has 12 heavy (non-hydrogen) atoms. The van der Waals surface area contributed by atoms with Crippen LogP contribution in [-0.2, 0) is 0 Å². The first kappa shape index (κ1) is 11.5. The maximum atomic E-state index is 3.27. The summed E-state index contributed by atoms with van der Waals surface area (Å²) in [5.74, 6) is 5.84. The van der Waals surface area contributed by atoms with Crippen molar-refractivity contribution in [3.63, 3.8) is 0 Å². The molecule has 0 saturated heterocycles. The fraction of sp³-hybridized carbons (Fsp3) is 0.800. The first-order valence-electron chi connectivity index (χ1n) is 4.67. The van der Waals surface area contributed by atoms with Gasteiger partial charge in [-0.2, -0.15) is 0 Å². The molecule has 0 aromatic heterocycles. The van der Waals surface area contributed by atoms with Gasteiger partial charge < -0.3 is 10.2 Å². The SMILES string of the molecule is CC#CCNCCN(CC)CC. The molecule has 0 aromatic carbocycles. The van der Waals surface area contributed by atoms with Crippen molar-refractivity contribution >= 4 is 0 Å². The van der Waals surface area contributed by atoms with Gasteiger partial charge in [-0.05, 0) is 20.0 Å². The summed E-state index contributed by atoms with van der Waals surface area (Å²) >= 11 is 0. The number of likely N-dealkylation sites (N-methyl/N-ethyl adjacent to an activating group) is 1. The quantitative estimate of drug-likeness (QED) is 0.469. The van der Waals surface area contributed by atoms with Crippen LogP contribution in [0.25, 0.3) is 0 Å². The summed E-state index contributed by atoms with van der Waals surface area (Å²) in [5, 5.41) is 3.27. The monoisotopic (exact) mass is 168 g/mol. The molecule has 2 nitrogen and oxygen atoms in total. The van der Waals surface area contributed by atoms with E-state index in [-0.39, 0.29) is 0 Å². The van der Waals surface area contributed by atoms with Gasteiger partial charge in [0.05, 0.1) is 6.54 Å². The summed E-state index contributed by atoms with van der Waals surface area (Å²) in [7, 11) is 0. The molecule has 0 aliphatic rings. The largest absolute Gasteiger partial charge is 0.305 e. The zero-order chi connectivity index (χ0) is 9.23. The number of hydrogen-bond acceptors (Lipinski definition) is 2. The average Bonchev–Trinajstić information content (AvgIpc) is 2.11. The average molecular weight is 168 g/mol. The van der Waals surface area contributed by atoms with E-state index < -0.39 is 0 Å². The summed E-state index contributed by atoms with van der Waals surface area (Å²) in [6.45, 7) is 11.5. The lowest BCUT2D eigenvalue weighted by Gasteiger charge is -2.17. The van der Waals surface area contributed by atoms with Gasteiger partial charge >= 0.3 is 0 Å². The van der Waals surface area contributed by atoms with Gasteiger partial charge in [0.25, 0.3) is 0 Å². The van der Waals surface area contributed by atoms with E-state index >= 15 is 0 Å². The predicted octanol–water partition coefficient (Wildman–Crippen LogP) is 0.941. The number of hydrogen-bond donors (Lipinski definition) is 1. The van der Waals surface area contributed by atoms with Gasteiger partial charge in [0.15, 0.2) is 0 Å². The molecular weight excluding hydrogens is 148 g/mol. The molecule has 0 heterocycles. The van der Waals surface area contributed by atoms with Crippen LogP contribution in [-0.4, -0.2) is 37.6 Å². The molecular formula is C10H20N2. The highest BCUT2D eigenvalue weighted by molar-refractivity contribution is 4.96. The molecule has 0 unspecified atom stereocenters. The van der Waals surface area contributed by atoms with E-state index in [4.69, 9.17) is 0 Å². The Kier molecular flexibility index (Phi) is 8.20. The van der Waals surface area contributed by atoms with Crippen molar-refractivity contribution < 1.29 is 0 Å². The van der Waals surface area contributed by atoms with Crippen LogP contribution < -0.4 is 5.32 Å². The molecule has 0 saturated carbocycles. The molecule has 0 aromatic rings. The van der Waals surface area contributed by atoms with Crippen LogP contribution in [0.3, 0.4) is 0 Å². The van der Waals surface area contributed by atoms with Gasteiger partial charge in [-0.3, -0.25) is 0 Å². The van der Waals surface area contributed by atoms with Crippen molar-refractivity contribution in [1.82, 2.24) is 10.2 Å². The molecule has 0 amide bonds. The highest BCUT2D eigenvalue weighted by Gasteiger charge is 1.95. The van der Waals surface area contributed by atoms with Gasteiger partial charge in [0, 0.05) is 13.1 Å². The Labute approximate surface area is 76.3 Å². The molecule has 0 atom stereocenters. The molecule has 0 bridgehead atoms. The molecule has 0 fully saturated rings. The molecule has 70 valence electrons. The zero-order valence-corrected chi connectivity index (χ0v) is 8.48. The van der Waals surface area contributed by atoms with Crippen molar-refractivity contribution in [3.05, 3.63) is 0 Å². The Bertz CT molecular complexity index is 140. The minimum absolute atomic E-state index is 0.817. The van der Waals surface area contributed by atoms with E-state index in [2.05, 4.69) is 35.9 Å².